The van der Waals surface area contributed by atoms with Crippen LogP contribution in [-0.2, 0) is 23.9 Å². The molecule has 1 aliphatic rings. The van der Waals surface area contributed by atoms with E-state index >= 15 is 0 Å². The minimum Gasteiger partial charge on any atom is -0.294 e. The maximum absolute atomic E-state index is 12.9. The van der Waals surface area contributed by atoms with Crippen molar-refractivity contribution in [1.82, 2.24) is 0 Å². The summed E-state index contributed by atoms with van der Waals surface area (Å²) in [7, 11) is 0. The van der Waals surface area contributed by atoms with Crippen LogP contribution < -0.4 is 0 Å². The Balaban J connectivity index is 1.50. The molecule has 0 aromatic heterocycles. The van der Waals surface area contributed by atoms with E-state index in [9.17, 15) is 22.8 Å². The van der Waals surface area contributed by atoms with Crippen molar-refractivity contribution >= 4 is 17.3 Å². The number of carbonyl (C=O) groups is 2. The van der Waals surface area contributed by atoms with Crippen LogP contribution in [0, 0.1) is 0 Å². The predicted octanol–water partition coefficient (Wildman–Crippen LogP) is 5.69. The normalized spacial score (nSPS) is 13.0. The zero-order chi connectivity index (χ0) is 22.2. The third-order valence-electron chi connectivity index (χ3n) is 5.27. The number of hydrogen-bond donors (Lipinski definition) is 0. The SMILES string of the molecule is CC(=O)C1=NCc2cc(-c3ccc(CC(=O)c4cccc(C(F)(F)F)c4)cc3)ccc21. The first-order chi connectivity index (χ1) is 14.7. The van der Waals surface area contributed by atoms with Crippen LogP contribution in [0.15, 0.2) is 71.7 Å². The van der Waals surface area contributed by atoms with Crippen LogP contribution in [0.1, 0.15) is 39.5 Å². The fraction of sp³-hybridized carbons (Fsp3) is 0.160. The molecule has 0 aliphatic carbocycles. The largest absolute Gasteiger partial charge is 0.416 e. The van der Waals surface area contributed by atoms with Crippen LogP contribution in [0.25, 0.3) is 11.1 Å². The summed E-state index contributed by atoms with van der Waals surface area (Å²) in [5.41, 5.74) is 4.19. The van der Waals surface area contributed by atoms with E-state index in [0.717, 1.165) is 39.9 Å². The highest BCUT2D eigenvalue weighted by Gasteiger charge is 2.30. The summed E-state index contributed by atoms with van der Waals surface area (Å²) in [6.07, 6.45) is -4.47. The molecule has 0 fully saturated rings. The van der Waals surface area contributed by atoms with Gasteiger partial charge in [-0.3, -0.25) is 14.6 Å². The van der Waals surface area contributed by atoms with Gasteiger partial charge in [0.05, 0.1) is 12.1 Å². The van der Waals surface area contributed by atoms with Gasteiger partial charge >= 0.3 is 6.18 Å². The number of halogens is 3. The topological polar surface area (TPSA) is 46.5 Å². The Kier molecular flexibility index (Phi) is 5.31. The third-order valence-corrected chi connectivity index (χ3v) is 5.27. The Bertz CT molecular complexity index is 1210. The molecule has 0 saturated carbocycles. The highest BCUT2D eigenvalue weighted by Crippen LogP contribution is 2.30. The van der Waals surface area contributed by atoms with E-state index in [1.165, 1.54) is 19.1 Å². The summed E-state index contributed by atoms with van der Waals surface area (Å²) in [5, 5.41) is 0. The molecule has 0 radical (unpaired) electrons. The van der Waals surface area contributed by atoms with Gasteiger partial charge in [-0.05, 0) is 40.5 Å². The van der Waals surface area contributed by atoms with Crippen LogP contribution in [-0.4, -0.2) is 17.3 Å². The molecule has 0 unspecified atom stereocenters. The van der Waals surface area contributed by atoms with Gasteiger partial charge in [0, 0.05) is 24.5 Å². The van der Waals surface area contributed by atoms with Gasteiger partial charge in [0.2, 0.25) is 0 Å². The number of fused-ring (bicyclic) bond motifs is 1. The van der Waals surface area contributed by atoms with Gasteiger partial charge in [-0.25, -0.2) is 0 Å². The first kappa shape index (κ1) is 20.7. The maximum atomic E-state index is 12.9. The van der Waals surface area contributed by atoms with Crippen molar-refractivity contribution in [1.29, 1.82) is 0 Å². The van der Waals surface area contributed by atoms with Gasteiger partial charge in [-0.2, -0.15) is 13.2 Å². The minimum atomic E-state index is -4.48. The number of benzene rings is 3. The Morgan fingerprint density at radius 1 is 0.935 bits per heavy atom. The average molecular weight is 421 g/mol. The number of hydrogen-bond acceptors (Lipinski definition) is 3. The molecule has 1 heterocycles. The molecule has 0 N–H and O–H groups in total. The summed E-state index contributed by atoms with van der Waals surface area (Å²) in [6.45, 7) is 1.98. The van der Waals surface area contributed by atoms with E-state index in [-0.39, 0.29) is 23.6 Å². The first-order valence-electron chi connectivity index (χ1n) is 9.71. The van der Waals surface area contributed by atoms with Crippen LogP contribution in [0.2, 0.25) is 0 Å². The monoisotopic (exact) mass is 421 g/mol. The summed E-state index contributed by atoms with van der Waals surface area (Å²) < 4.78 is 38.6. The van der Waals surface area contributed by atoms with Crippen molar-refractivity contribution in [3.63, 3.8) is 0 Å². The Morgan fingerprint density at radius 3 is 2.32 bits per heavy atom. The minimum absolute atomic E-state index is 0.0155. The lowest BCUT2D eigenvalue weighted by Crippen LogP contribution is -2.09. The maximum Gasteiger partial charge on any atom is 0.416 e. The molecule has 6 heteroatoms. The summed E-state index contributed by atoms with van der Waals surface area (Å²) >= 11 is 0. The zero-order valence-corrected chi connectivity index (χ0v) is 16.7. The lowest BCUT2D eigenvalue weighted by molar-refractivity contribution is -0.137. The average Bonchev–Trinajstić information content (AvgIpc) is 3.17. The van der Waals surface area contributed by atoms with E-state index in [1.54, 1.807) is 12.1 Å². The van der Waals surface area contributed by atoms with Gasteiger partial charge in [-0.1, -0.05) is 48.5 Å². The van der Waals surface area contributed by atoms with Crippen molar-refractivity contribution < 1.29 is 22.8 Å². The number of rotatable bonds is 5. The Labute approximate surface area is 177 Å². The standard InChI is InChI=1S/C25H18F3NO2/c1-15(30)24-22-10-9-18(12-20(22)14-29-24)17-7-5-16(6-8-17)11-23(31)19-3-2-4-21(13-19)25(26,27)28/h2-10,12-13H,11,14H2,1H3. The summed E-state index contributed by atoms with van der Waals surface area (Å²) in [4.78, 5) is 28.4. The molecule has 0 atom stereocenters. The van der Waals surface area contributed by atoms with E-state index in [0.29, 0.717) is 12.3 Å². The molecule has 0 spiro atoms. The molecule has 4 rings (SSSR count). The number of carbonyl (C=O) groups excluding carboxylic acids is 2. The summed E-state index contributed by atoms with van der Waals surface area (Å²) in [6, 6.07) is 17.6. The number of Topliss-reactive ketones (excluding diaryl/α,β-unsaturated/α-hetero) is 2. The molecule has 3 aromatic carbocycles. The first-order valence-corrected chi connectivity index (χ1v) is 9.71. The molecule has 1 aliphatic heterocycles. The molecule has 156 valence electrons. The van der Waals surface area contributed by atoms with Crippen LogP contribution >= 0.6 is 0 Å². The second-order valence-corrected chi connectivity index (χ2v) is 7.47. The van der Waals surface area contributed by atoms with Gasteiger partial charge in [0.1, 0.15) is 5.71 Å². The molecule has 0 saturated heterocycles. The summed E-state index contributed by atoms with van der Waals surface area (Å²) in [5.74, 6) is -0.424. The van der Waals surface area contributed by atoms with Crippen molar-refractivity contribution in [3.05, 3.63) is 94.5 Å². The molecule has 3 nitrogen and oxygen atoms in total. The smallest absolute Gasteiger partial charge is 0.294 e. The van der Waals surface area contributed by atoms with Gasteiger partial charge in [0.15, 0.2) is 11.6 Å². The Morgan fingerprint density at radius 2 is 1.65 bits per heavy atom. The highest BCUT2D eigenvalue weighted by atomic mass is 19.4. The predicted molar refractivity (Wildman–Crippen MR) is 112 cm³/mol. The van der Waals surface area contributed by atoms with Crippen LogP contribution in [0.4, 0.5) is 13.2 Å². The van der Waals surface area contributed by atoms with Crippen molar-refractivity contribution in [2.45, 2.75) is 26.1 Å². The van der Waals surface area contributed by atoms with E-state index in [1.807, 2.05) is 30.3 Å². The van der Waals surface area contributed by atoms with Gasteiger partial charge in [-0.15, -0.1) is 0 Å². The van der Waals surface area contributed by atoms with Crippen molar-refractivity contribution in [2.24, 2.45) is 4.99 Å². The molecule has 31 heavy (non-hydrogen) atoms. The van der Waals surface area contributed by atoms with Gasteiger partial charge < -0.3 is 0 Å². The van der Waals surface area contributed by atoms with Crippen molar-refractivity contribution in [2.75, 3.05) is 0 Å². The fourth-order valence-corrected chi connectivity index (χ4v) is 3.66. The molecular formula is C25H18F3NO2. The second kappa shape index (κ2) is 7.95. The molecule has 0 bridgehead atoms. The quantitative estimate of drug-likeness (QED) is 0.497. The molecule has 0 amide bonds. The fourth-order valence-electron chi connectivity index (χ4n) is 3.66. The second-order valence-electron chi connectivity index (χ2n) is 7.47. The van der Waals surface area contributed by atoms with E-state index in [2.05, 4.69) is 4.99 Å². The lowest BCUT2D eigenvalue weighted by Gasteiger charge is -2.09. The number of aliphatic imine (C=N–C) groups is 1. The zero-order valence-electron chi connectivity index (χ0n) is 16.7. The number of ketones is 2. The number of nitrogens with zero attached hydrogens (tertiary/aromatic N) is 1. The van der Waals surface area contributed by atoms with E-state index in [4.69, 9.17) is 0 Å². The molecule has 3 aromatic rings. The van der Waals surface area contributed by atoms with Crippen LogP contribution in [0.3, 0.4) is 0 Å². The van der Waals surface area contributed by atoms with Crippen molar-refractivity contribution in [3.8, 4) is 11.1 Å². The lowest BCUT2D eigenvalue weighted by atomic mass is 9.96. The highest BCUT2D eigenvalue weighted by molar-refractivity contribution is 6.46. The third kappa shape index (κ3) is 4.33. The van der Waals surface area contributed by atoms with Crippen LogP contribution in [0.5, 0.6) is 0 Å². The number of alkyl halides is 3. The Hall–Kier alpha value is -3.54. The van der Waals surface area contributed by atoms with E-state index < -0.39 is 11.7 Å². The van der Waals surface area contributed by atoms with Gasteiger partial charge in [0.25, 0.3) is 0 Å². The molecular weight excluding hydrogens is 403 g/mol.